The lowest BCUT2D eigenvalue weighted by Gasteiger charge is -2.09. The maximum Gasteiger partial charge on any atom is 0.404 e. The fraction of sp³-hybridized carbons (Fsp3) is 0.182. The van der Waals surface area contributed by atoms with Gasteiger partial charge in [-0.2, -0.15) is 4.99 Å². The highest BCUT2D eigenvalue weighted by atomic mass is 35.5. The van der Waals surface area contributed by atoms with Crippen molar-refractivity contribution >= 4 is 46.2 Å². The molecule has 1 aliphatic heterocycles. The van der Waals surface area contributed by atoms with Crippen molar-refractivity contribution in [3.05, 3.63) is 28.8 Å². The molecule has 2 rings (SSSR count). The molecule has 0 unspecified atom stereocenters. The molecule has 0 aromatic heterocycles. The van der Waals surface area contributed by atoms with Gasteiger partial charge in [-0.15, -0.1) is 0 Å². The number of nitrogens with one attached hydrogen (secondary N) is 2. The third-order valence-electron chi connectivity index (χ3n) is 2.27. The highest BCUT2D eigenvalue weighted by Crippen LogP contribution is 2.25. The van der Waals surface area contributed by atoms with E-state index >= 15 is 0 Å². The second-order valence-corrected chi connectivity index (χ2v) is 5.07. The van der Waals surface area contributed by atoms with Gasteiger partial charge in [0, 0.05) is 6.54 Å². The van der Waals surface area contributed by atoms with E-state index in [-0.39, 0.29) is 12.5 Å². The molecule has 1 aromatic carbocycles. The van der Waals surface area contributed by atoms with Crippen LogP contribution in [-0.2, 0) is 11.3 Å². The van der Waals surface area contributed by atoms with Gasteiger partial charge in [-0.3, -0.25) is 4.79 Å². The van der Waals surface area contributed by atoms with Crippen LogP contribution in [0.15, 0.2) is 23.2 Å². The Kier molecular flexibility index (Phi) is 4.28. The van der Waals surface area contributed by atoms with Crippen LogP contribution in [-0.4, -0.2) is 28.0 Å². The zero-order chi connectivity index (χ0) is 13.8. The number of carboxylic acid groups (broad SMARTS) is 1. The van der Waals surface area contributed by atoms with Crippen LogP contribution in [0.4, 0.5) is 10.5 Å². The van der Waals surface area contributed by atoms with Gasteiger partial charge in [0.25, 0.3) is 5.91 Å². The first kappa shape index (κ1) is 13.7. The minimum Gasteiger partial charge on any atom is -0.465 e. The first-order valence-electron chi connectivity index (χ1n) is 5.31. The normalized spacial score (nSPS) is 14.2. The molecule has 0 atom stereocenters. The second-order valence-electron chi connectivity index (χ2n) is 3.70. The summed E-state index contributed by atoms with van der Waals surface area (Å²) in [6.45, 7) is 0.180. The van der Waals surface area contributed by atoms with Crippen molar-refractivity contribution in [3.63, 3.8) is 0 Å². The number of hydrogen-bond acceptors (Lipinski definition) is 4. The highest BCUT2D eigenvalue weighted by Gasteiger charge is 2.15. The van der Waals surface area contributed by atoms with Crippen LogP contribution >= 0.6 is 23.4 Å². The van der Waals surface area contributed by atoms with E-state index in [0.29, 0.717) is 21.6 Å². The SMILES string of the molecule is O=C1CSC(Nc2cc(CNC(=O)O)ccc2Cl)=N1. The van der Waals surface area contributed by atoms with Crippen molar-refractivity contribution < 1.29 is 14.7 Å². The zero-order valence-corrected chi connectivity index (χ0v) is 11.2. The number of amides is 2. The Balaban J connectivity index is 2.10. The largest absolute Gasteiger partial charge is 0.465 e. The Labute approximate surface area is 118 Å². The summed E-state index contributed by atoms with van der Waals surface area (Å²) >= 11 is 7.32. The molecule has 0 radical (unpaired) electrons. The molecule has 100 valence electrons. The predicted octanol–water partition coefficient (Wildman–Crippen LogP) is 2.15. The molecule has 8 heteroatoms. The molecule has 2 amide bonds. The molecule has 0 spiro atoms. The van der Waals surface area contributed by atoms with Gasteiger partial charge < -0.3 is 15.7 Å². The van der Waals surface area contributed by atoms with E-state index in [1.165, 1.54) is 11.8 Å². The van der Waals surface area contributed by atoms with Gasteiger partial charge >= 0.3 is 6.09 Å². The Morgan fingerprint density at radius 1 is 1.53 bits per heavy atom. The molecular weight excluding hydrogens is 290 g/mol. The van der Waals surface area contributed by atoms with Crippen molar-refractivity contribution in [2.75, 3.05) is 11.1 Å². The molecule has 0 saturated carbocycles. The first-order valence-corrected chi connectivity index (χ1v) is 6.67. The van der Waals surface area contributed by atoms with E-state index in [0.717, 1.165) is 5.56 Å². The van der Waals surface area contributed by atoms with E-state index in [9.17, 15) is 9.59 Å². The number of thioether (sulfide) groups is 1. The molecular formula is C11H10ClN3O3S. The summed E-state index contributed by atoms with van der Waals surface area (Å²) in [7, 11) is 0. The lowest BCUT2D eigenvalue weighted by Crippen LogP contribution is -2.20. The topological polar surface area (TPSA) is 90.8 Å². The standard InChI is InChI=1S/C11H10ClN3O3S/c12-7-2-1-6(4-13-11(17)18)3-8(7)14-10-15-9(16)5-19-10/h1-3,13H,4-5H2,(H,17,18)(H,14,15,16). The summed E-state index contributed by atoms with van der Waals surface area (Å²) in [5.41, 5.74) is 1.34. The van der Waals surface area contributed by atoms with Crippen molar-refractivity contribution in [2.24, 2.45) is 4.99 Å². The molecule has 0 fully saturated rings. The Bertz CT molecular complexity index is 562. The van der Waals surface area contributed by atoms with Crippen molar-refractivity contribution in [3.8, 4) is 0 Å². The number of anilines is 1. The fourth-order valence-electron chi connectivity index (χ4n) is 1.44. The van der Waals surface area contributed by atoms with Crippen LogP contribution in [0, 0.1) is 0 Å². The predicted molar refractivity (Wildman–Crippen MR) is 74.8 cm³/mol. The summed E-state index contributed by atoms with van der Waals surface area (Å²) in [6, 6.07) is 5.09. The van der Waals surface area contributed by atoms with Crippen molar-refractivity contribution in [2.45, 2.75) is 6.54 Å². The minimum atomic E-state index is -1.09. The quantitative estimate of drug-likeness (QED) is 0.795. The molecule has 1 aliphatic rings. The number of carbonyl (C=O) groups is 2. The fourth-order valence-corrected chi connectivity index (χ4v) is 2.28. The number of benzene rings is 1. The number of halogens is 1. The molecule has 0 aliphatic carbocycles. The van der Waals surface area contributed by atoms with Crippen LogP contribution in [0.5, 0.6) is 0 Å². The Hall–Kier alpha value is -1.73. The van der Waals surface area contributed by atoms with E-state index in [1.807, 2.05) is 0 Å². The average Bonchev–Trinajstić information content (AvgIpc) is 2.76. The molecule has 0 bridgehead atoms. The number of carbonyl (C=O) groups excluding carboxylic acids is 1. The maximum absolute atomic E-state index is 11.0. The lowest BCUT2D eigenvalue weighted by molar-refractivity contribution is -0.115. The smallest absolute Gasteiger partial charge is 0.404 e. The van der Waals surface area contributed by atoms with Crippen molar-refractivity contribution in [1.29, 1.82) is 0 Å². The molecule has 6 nitrogen and oxygen atoms in total. The zero-order valence-electron chi connectivity index (χ0n) is 9.64. The van der Waals surface area contributed by atoms with Gasteiger partial charge in [0.15, 0.2) is 5.17 Å². The number of rotatable bonds is 3. The van der Waals surface area contributed by atoms with E-state index in [4.69, 9.17) is 16.7 Å². The number of hydrogen-bond donors (Lipinski definition) is 3. The summed E-state index contributed by atoms with van der Waals surface area (Å²) in [4.78, 5) is 25.2. The van der Waals surface area contributed by atoms with Crippen LogP contribution in [0.2, 0.25) is 5.02 Å². The van der Waals surface area contributed by atoms with Gasteiger partial charge in [-0.05, 0) is 17.7 Å². The van der Waals surface area contributed by atoms with Crippen LogP contribution < -0.4 is 10.6 Å². The van der Waals surface area contributed by atoms with Gasteiger partial charge in [0.05, 0.1) is 16.5 Å². The summed E-state index contributed by atoms with van der Waals surface area (Å²) < 4.78 is 0. The Morgan fingerprint density at radius 2 is 2.32 bits per heavy atom. The van der Waals surface area contributed by atoms with Crippen molar-refractivity contribution in [1.82, 2.24) is 5.32 Å². The van der Waals surface area contributed by atoms with Crippen LogP contribution in [0.25, 0.3) is 0 Å². The van der Waals surface area contributed by atoms with Crippen LogP contribution in [0.1, 0.15) is 5.56 Å². The molecule has 3 N–H and O–H groups in total. The monoisotopic (exact) mass is 299 g/mol. The van der Waals surface area contributed by atoms with E-state index in [2.05, 4.69) is 15.6 Å². The summed E-state index contributed by atoms with van der Waals surface area (Å²) in [5.74, 6) is 0.132. The highest BCUT2D eigenvalue weighted by molar-refractivity contribution is 8.15. The van der Waals surface area contributed by atoms with Gasteiger partial charge in [0.2, 0.25) is 0 Å². The molecule has 0 saturated heterocycles. The van der Waals surface area contributed by atoms with Gasteiger partial charge in [0.1, 0.15) is 0 Å². The number of aliphatic imine (C=N–C) groups is 1. The molecule has 19 heavy (non-hydrogen) atoms. The molecule has 1 aromatic rings. The van der Waals surface area contributed by atoms with E-state index < -0.39 is 6.09 Å². The number of amidine groups is 1. The summed E-state index contributed by atoms with van der Waals surface area (Å²) in [6.07, 6.45) is -1.09. The third-order valence-corrected chi connectivity index (χ3v) is 3.46. The summed E-state index contributed by atoms with van der Waals surface area (Å²) in [5, 5.41) is 14.7. The van der Waals surface area contributed by atoms with Gasteiger partial charge in [-0.1, -0.05) is 29.4 Å². The first-order chi connectivity index (χ1) is 9.04. The second kappa shape index (κ2) is 5.94. The lowest BCUT2D eigenvalue weighted by atomic mass is 10.2. The average molecular weight is 300 g/mol. The maximum atomic E-state index is 11.0. The van der Waals surface area contributed by atoms with Crippen LogP contribution in [0.3, 0.4) is 0 Å². The third kappa shape index (κ3) is 3.87. The van der Waals surface area contributed by atoms with Gasteiger partial charge in [-0.25, -0.2) is 4.79 Å². The number of nitrogens with zero attached hydrogens (tertiary/aromatic N) is 1. The Morgan fingerprint density at radius 3 is 2.95 bits per heavy atom. The molecule has 1 heterocycles. The minimum absolute atomic E-state index is 0.180. The van der Waals surface area contributed by atoms with E-state index in [1.54, 1.807) is 18.2 Å².